The van der Waals surface area contributed by atoms with E-state index in [9.17, 15) is 0 Å². The van der Waals surface area contributed by atoms with Crippen LogP contribution in [-0.4, -0.2) is 4.98 Å². The van der Waals surface area contributed by atoms with E-state index in [1.165, 1.54) is 12.8 Å². The fraction of sp³-hybridized carbons (Fsp3) is 0.583. The summed E-state index contributed by atoms with van der Waals surface area (Å²) in [7, 11) is 0. The van der Waals surface area contributed by atoms with Crippen LogP contribution in [0.25, 0.3) is 0 Å². The second-order valence-electron chi connectivity index (χ2n) is 4.17. The lowest BCUT2D eigenvalue weighted by Gasteiger charge is -2.09. The van der Waals surface area contributed by atoms with Crippen LogP contribution in [0.15, 0.2) is 0 Å². The summed E-state index contributed by atoms with van der Waals surface area (Å²) in [5, 5.41) is 1.37. The molecule has 81 valence electrons. The van der Waals surface area contributed by atoms with Crippen LogP contribution in [0, 0.1) is 12.1 Å². The number of hydrogen-bond donors (Lipinski definition) is 0. The van der Waals surface area contributed by atoms with Gasteiger partial charge in [0.15, 0.2) is 0 Å². The molecule has 1 aliphatic rings. The van der Waals surface area contributed by atoms with Gasteiger partial charge in [-0.15, -0.1) is 0 Å². The predicted octanol–water partition coefficient (Wildman–Crippen LogP) is 4.09. The van der Waals surface area contributed by atoms with Crippen LogP contribution >= 0.6 is 23.2 Å². The second kappa shape index (κ2) is 4.71. The largest absolute Gasteiger partial charge is 0.248 e. The molecule has 0 unspecified atom stereocenters. The van der Waals surface area contributed by atoms with Crippen molar-refractivity contribution >= 4 is 23.2 Å². The molecule has 0 bridgehead atoms. The van der Waals surface area contributed by atoms with Crippen molar-refractivity contribution in [1.82, 2.24) is 4.98 Å². The first-order chi connectivity index (χ1) is 7.22. The smallest absolute Gasteiger partial charge is 0.109 e. The lowest BCUT2D eigenvalue weighted by molar-refractivity contribution is 0.817. The lowest BCUT2D eigenvalue weighted by atomic mass is 10.1. The normalized spacial score (nSPS) is 15.7. The average Bonchev–Trinajstić information content (AvgIpc) is 3.01. The molecule has 1 aromatic heterocycles. The van der Waals surface area contributed by atoms with Crippen molar-refractivity contribution in [1.29, 1.82) is 0 Å². The molecule has 3 heteroatoms. The van der Waals surface area contributed by atoms with Crippen molar-refractivity contribution in [3.8, 4) is 0 Å². The van der Waals surface area contributed by atoms with Crippen molar-refractivity contribution in [2.45, 2.75) is 39.0 Å². The molecule has 0 atom stereocenters. The Morgan fingerprint density at radius 2 is 2.13 bits per heavy atom. The molecule has 1 aliphatic carbocycles. The van der Waals surface area contributed by atoms with E-state index in [1.54, 1.807) is 0 Å². The van der Waals surface area contributed by atoms with Crippen LogP contribution in [0.3, 0.4) is 0 Å². The summed E-state index contributed by atoms with van der Waals surface area (Å²) in [4.78, 5) is 4.17. The summed E-state index contributed by atoms with van der Waals surface area (Å²) in [6, 6.07) is 0. The maximum Gasteiger partial charge on any atom is 0.109 e. The number of aromatic nitrogens is 1. The molecular weight excluding hydrogens is 229 g/mol. The first-order valence-corrected chi connectivity index (χ1v) is 6.22. The zero-order chi connectivity index (χ0) is 10.8. The highest BCUT2D eigenvalue weighted by Crippen LogP contribution is 2.37. The number of aryl methyl sites for hydroxylation is 1. The van der Waals surface area contributed by atoms with E-state index in [0.717, 1.165) is 41.5 Å². The molecule has 1 saturated carbocycles. The van der Waals surface area contributed by atoms with Crippen LogP contribution in [0.4, 0.5) is 0 Å². The lowest BCUT2D eigenvalue weighted by Crippen LogP contribution is -1.98. The van der Waals surface area contributed by atoms with Gasteiger partial charge in [0.1, 0.15) is 6.20 Å². The molecule has 0 amide bonds. The van der Waals surface area contributed by atoms with Gasteiger partial charge in [0.2, 0.25) is 0 Å². The van der Waals surface area contributed by atoms with E-state index in [2.05, 4.69) is 18.1 Å². The maximum atomic E-state index is 6.30. The van der Waals surface area contributed by atoms with E-state index < -0.39 is 0 Å². The Morgan fingerprint density at radius 1 is 1.40 bits per heavy atom. The molecule has 0 spiro atoms. The Labute approximate surface area is 101 Å². The Morgan fingerprint density at radius 3 is 2.73 bits per heavy atom. The zero-order valence-electron chi connectivity index (χ0n) is 8.82. The average molecular weight is 243 g/mol. The summed E-state index contributed by atoms with van der Waals surface area (Å²) in [6.45, 7) is 2.12. The third-order valence-electron chi connectivity index (χ3n) is 2.75. The minimum atomic E-state index is 0.603. The third-order valence-corrected chi connectivity index (χ3v) is 3.51. The Balaban J connectivity index is 2.27. The highest BCUT2D eigenvalue weighted by molar-refractivity contribution is 6.36. The molecule has 1 heterocycles. The van der Waals surface area contributed by atoms with E-state index in [1.807, 2.05) is 0 Å². The van der Waals surface area contributed by atoms with Crippen LogP contribution < -0.4 is 0 Å². The summed E-state index contributed by atoms with van der Waals surface area (Å²) in [5.41, 5.74) is 2.00. The molecule has 0 N–H and O–H groups in total. The molecule has 1 aromatic rings. The van der Waals surface area contributed by atoms with Crippen molar-refractivity contribution in [3.63, 3.8) is 0 Å². The van der Waals surface area contributed by atoms with Gasteiger partial charge >= 0.3 is 0 Å². The van der Waals surface area contributed by atoms with Crippen LogP contribution in [-0.2, 0) is 12.8 Å². The quantitative estimate of drug-likeness (QED) is 0.775. The van der Waals surface area contributed by atoms with Crippen molar-refractivity contribution < 1.29 is 0 Å². The van der Waals surface area contributed by atoms with Gasteiger partial charge < -0.3 is 0 Å². The highest BCUT2D eigenvalue weighted by atomic mass is 35.5. The van der Waals surface area contributed by atoms with E-state index in [-0.39, 0.29) is 0 Å². The Kier molecular flexibility index (Phi) is 3.53. The molecule has 0 saturated heterocycles. The fourth-order valence-corrected chi connectivity index (χ4v) is 2.27. The predicted molar refractivity (Wildman–Crippen MR) is 63.5 cm³/mol. The van der Waals surface area contributed by atoms with Gasteiger partial charge in [-0.2, -0.15) is 0 Å². The fourth-order valence-electron chi connectivity index (χ4n) is 1.70. The first-order valence-electron chi connectivity index (χ1n) is 5.46. The number of halogens is 2. The van der Waals surface area contributed by atoms with Gasteiger partial charge in [0.25, 0.3) is 0 Å². The van der Waals surface area contributed by atoms with E-state index >= 15 is 0 Å². The third kappa shape index (κ3) is 2.64. The monoisotopic (exact) mass is 242 g/mol. The topological polar surface area (TPSA) is 12.9 Å². The van der Waals surface area contributed by atoms with E-state index in [4.69, 9.17) is 23.2 Å². The number of hydrogen-bond acceptors (Lipinski definition) is 1. The standard InChI is InChI=1S/C12H14Cl2N/c1-2-3-11-12(14)9(6-8-4-5-8)10(13)7-15-11/h8H,2-6H2,1H3. The van der Waals surface area contributed by atoms with Gasteiger partial charge in [-0.05, 0) is 37.2 Å². The van der Waals surface area contributed by atoms with Gasteiger partial charge in [0, 0.05) is 0 Å². The highest BCUT2D eigenvalue weighted by Gasteiger charge is 2.24. The summed E-state index contributed by atoms with van der Waals surface area (Å²) in [5.74, 6) is 0.783. The minimum Gasteiger partial charge on any atom is -0.248 e. The van der Waals surface area contributed by atoms with Crippen LogP contribution in [0.1, 0.15) is 37.4 Å². The molecule has 1 radical (unpaired) electrons. The number of pyridine rings is 1. The minimum absolute atomic E-state index is 0.603. The van der Waals surface area contributed by atoms with Crippen molar-refractivity contribution in [2.24, 2.45) is 5.92 Å². The number of nitrogens with zero attached hydrogens (tertiary/aromatic N) is 1. The number of rotatable bonds is 4. The van der Waals surface area contributed by atoms with Gasteiger partial charge in [0.05, 0.1) is 15.7 Å². The molecule has 0 aliphatic heterocycles. The molecule has 2 rings (SSSR count). The van der Waals surface area contributed by atoms with Crippen LogP contribution in [0.5, 0.6) is 0 Å². The first kappa shape index (κ1) is 11.2. The molecular formula is C12H14Cl2N. The Bertz CT molecular complexity index is 359. The van der Waals surface area contributed by atoms with Gasteiger partial charge in [-0.1, -0.05) is 36.5 Å². The molecule has 1 nitrogen and oxygen atoms in total. The van der Waals surface area contributed by atoms with Crippen LogP contribution in [0.2, 0.25) is 10.0 Å². The van der Waals surface area contributed by atoms with Gasteiger partial charge in [-0.3, -0.25) is 0 Å². The second-order valence-corrected chi connectivity index (χ2v) is 4.93. The van der Waals surface area contributed by atoms with E-state index in [0.29, 0.717) is 5.02 Å². The molecule has 0 aromatic carbocycles. The zero-order valence-corrected chi connectivity index (χ0v) is 10.3. The van der Waals surface area contributed by atoms with Gasteiger partial charge in [-0.25, -0.2) is 4.98 Å². The summed E-state index contributed by atoms with van der Waals surface area (Å²) < 4.78 is 0. The van der Waals surface area contributed by atoms with Crippen molar-refractivity contribution in [3.05, 3.63) is 27.5 Å². The summed E-state index contributed by atoms with van der Waals surface area (Å²) in [6.07, 6.45) is 8.41. The molecule has 1 fully saturated rings. The SMILES string of the molecule is CCCc1n[c]c(Cl)c(CC2CC2)c1Cl. The Hall–Kier alpha value is -0.270. The van der Waals surface area contributed by atoms with Crippen molar-refractivity contribution in [2.75, 3.05) is 0 Å². The maximum absolute atomic E-state index is 6.30. The molecule has 15 heavy (non-hydrogen) atoms. The summed E-state index contributed by atoms with van der Waals surface area (Å²) >= 11 is 12.4.